The first-order chi connectivity index (χ1) is 21.5. The van der Waals surface area contributed by atoms with Gasteiger partial charge in [0.1, 0.15) is 13.2 Å². The van der Waals surface area contributed by atoms with Crippen LogP contribution in [0.3, 0.4) is 0 Å². The number of amides is 1. The van der Waals surface area contributed by atoms with Crippen molar-refractivity contribution in [1.29, 1.82) is 0 Å². The first kappa shape index (κ1) is 43.2. The quantitative estimate of drug-likeness (QED) is 0.0324. The molecule has 0 radical (unpaired) electrons. The molecule has 0 aliphatic heterocycles. The molecule has 0 fully saturated rings. The maximum atomic E-state index is 12.6. The van der Waals surface area contributed by atoms with Gasteiger partial charge in [0.25, 0.3) is 0 Å². The molecule has 0 spiro atoms. The van der Waals surface area contributed by atoms with Crippen molar-refractivity contribution in [3.05, 3.63) is 60.8 Å². The summed E-state index contributed by atoms with van der Waals surface area (Å²) in [5.74, 6) is -0.206. The number of nitrogens with zero attached hydrogens (tertiary/aromatic N) is 1. The molecule has 3 N–H and O–H groups in total. The Morgan fingerprint density at radius 2 is 1.33 bits per heavy atom. The molecule has 0 aliphatic rings. The van der Waals surface area contributed by atoms with E-state index in [1.807, 2.05) is 27.2 Å². The molecule has 0 bridgehead atoms. The SMILES string of the molecule is CC/C=C\C/C=C\C/C=C\C/C=C\CCCCCCCCC(=O)NC(COP(=O)(O)OCC[N+](C)(C)C)C(O)/C=C/CCCC. The van der Waals surface area contributed by atoms with Gasteiger partial charge in [-0.3, -0.25) is 13.8 Å². The van der Waals surface area contributed by atoms with Gasteiger partial charge in [-0.05, 0) is 51.4 Å². The zero-order valence-corrected chi connectivity index (χ0v) is 30.0. The predicted molar refractivity (Wildman–Crippen MR) is 189 cm³/mol. The zero-order valence-electron chi connectivity index (χ0n) is 29.1. The lowest BCUT2D eigenvalue weighted by atomic mass is 10.1. The van der Waals surface area contributed by atoms with Gasteiger partial charge >= 0.3 is 7.82 Å². The van der Waals surface area contributed by atoms with Gasteiger partial charge in [0, 0.05) is 6.42 Å². The number of aliphatic hydroxyl groups is 1. The summed E-state index contributed by atoms with van der Waals surface area (Å²) in [6.07, 6.45) is 34.8. The molecule has 45 heavy (non-hydrogen) atoms. The summed E-state index contributed by atoms with van der Waals surface area (Å²) in [6, 6.07) is -0.851. The summed E-state index contributed by atoms with van der Waals surface area (Å²) >= 11 is 0. The van der Waals surface area contributed by atoms with Crippen molar-refractivity contribution in [3.63, 3.8) is 0 Å². The summed E-state index contributed by atoms with van der Waals surface area (Å²) in [4.78, 5) is 22.7. The van der Waals surface area contributed by atoms with Crippen molar-refractivity contribution < 1.29 is 32.9 Å². The van der Waals surface area contributed by atoms with E-state index in [-0.39, 0.29) is 19.1 Å². The van der Waals surface area contributed by atoms with Gasteiger partial charge in [-0.25, -0.2) is 4.57 Å². The van der Waals surface area contributed by atoms with Crippen LogP contribution in [0.15, 0.2) is 60.8 Å². The van der Waals surface area contributed by atoms with Crippen LogP contribution >= 0.6 is 7.82 Å². The largest absolute Gasteiger partial charge is 0.472 e. The number of nitrogens with one attached hydrogen (secondary N) is 1. The van der Waals surface area contributed by atoms with E-state index in [0.717, 1.165) is 77.0 Å². The molecule has 1 amide bonds. The van der Waals surface area contributed by atoms with Gasteiger partial charge in [0.15, 0.2) is 0 Å². The first-order valence-corrected chi connectivity index (χ1v) is 18.7. The van der Waals surface area contributed by atoms with Gasteiger partial charge in [-0.1, -0.05) is 113 Å². The Bertz CT molecular complexity index is 923. The van der Waals surface area contributed by atoms with Gasteiger partial charge in [-0.2, -0.15) is 0 Å². The number of hydrogen-bond donors (Lipinski definition) is 3. The van der Waals surface area contributed by atoms with Crippen LogP contribution < -0.4 is 5.32 Å². The van der Waals surface area contributed by atoms with Crippen LogP contribution in [0.4, 0.5) is 0 Å². The molecule has 0 saturated carbocycles. The maximum Gasteiger partial charge on any atom is 0.472 e. The molecule has 0 aromatic rings. The van der Waals surface area contributed by atoms with Crippen molar-refractivity contribution >= 4 is 13.7 Å². The second-order valence-electron chi connectivity index (χ2n) is 12.5. The van der Waals surface area contributed by atoms with E-state index in [1.165, 1.54) is 12.8 Å². The van der Waals surface area contributed by atoms with Crippen LogP contribution in [0.1, 0.15) is 110 Å². The van der Waals surface area contributed by atoms with Crippen LogP contribution in [0.2, 0.25) is 0 Å². The Labute approximate surface area is 275 Å². The molecule has 0 heterocycles. The molecule has 3 unspecified atom stereocenters. The number of quaternary nitrogens is 1. The lowest BCUT2D eigenvalue weighted by molar-refractivity contribution is -0.870. The molecule has 0 aromatic heterocycles. The number of phosphoric ester groups is 1. The topological polar surface area (TPSA) is 105 Å². The summed E-state index contributed by atoms with van der Waals surface area (Å²) < 4.78 is 23.2. The van der Waals surface area contributed by atoms with E-state index in [0.29, 0.717) is 17.4 Å². The summed E-state index contributed by atoms with van der Waals surface area (Å²) in [7, 11) is 1.54. The second-order valence-corrected chi connectivity index (χ2v) is 14.0. The first-order valence-electron chi connectivity index (χ1n) is 17.2. The molecule has 0 rings (SSSR count). The number of aliphatic hydroxyl groups excluding tert-OH is 1. The van der Waals surface area contributed by atoms with Gasteiger partial charge < -0.3 is 19.8 Å². The standard InChI is InChI=1S/C36H65N2O6P/c1-6-8-10-12-13-14-15-16-17-18-19-20-21-22-23-24-25-26-28-30-36(40)37-34(35(39)29-27-11-9-7-2)33-44-45(41,42)43-32-31-38(3,4)5/h8,10,13-14,16-17,19-20,27,29,34-35,39H,6-7,9,11-12,15,18,21-26,28,30-33H2,1-5H3,(H-,37,40,41,42)/p+1/b10-8-,14-13-,17-16-,20-19-,29-27+. The molecule has 8 nitrogen and oxygen atoms in total. The van der Waals surface area contributed by atoms with Gasteiger partial charge in [0.05, 0.1) is 39.9 Å². The third kappa shape index (κ3) is 30.6. The van der Waals surface area contributed by atoms with Crippen molar-refractivity contribution in [2.75, 3.05) is 40.9 Å². The highest BCUT2D eigenvalue weighted by Crippen LogP contribution is 2.43. The van der Waals surface area contributed by atoms with E-state index in [9.17, 15) is 19.4 Å². The van der Waals surface area contributed by atoms with Crippen molar-refractivity contribution in [1.82, 2.24) is 5.32 Å². The van der Waals surface area contributed by atoms with Crippen molar-refractivity contribution in [3.8, 4) is 0 Å². The number of rotatable bonds is 29. The molecule has 0 saturated heterocycles. The highest BCUT2D eigenvalue weighted by atomic mass is 31.2. The van der Waals surface area contributed by atoms with Crippen LogP contribution in [-0.2, 0) is 18.4 Å². The molecule has 260 valence electrons. The Morgan fingerprint density at radius 1 is 0.778 bits per heavy atom. The minimum Gasteiger partial charge on any atom is -0.387 e. The minimum absolute atomic E-state index is 0.0538. The summed E-state index contributed by atoms with van der Waals surface area (Å²) in [6.45, 7) is 4.49. The average molecular weight is 654 g/mol. The molecule has 9 heteroatoms. The Balaban J connectivity index is 4.28. The van der Waals surface area contributed by atoms with Crippen molar-refractivity contribution in [2.24, 2.45) is 0 Å². The Hall–Kier alpha value is -1.80. The predicted octanol–water partition coefficient (Wildman–Crippen LogP) is 8.34. The van der Waals surface area contributed by atoms with E-state index in [1.54, 1.807) is 6.08 Å². The Morgan fingerprint density at radius 3 is 1.93 bits per heavy atom. The molecule has 0 aromatic carbocycles. The summed E-state index contributed by atoms with van der Waals surface area (Å²) in [5, 5.41) is 13.5. The number of likely N-dealkylation sites (N-methyl/N-ethyl adjacent to an activating group) is 1. The van der Waals surface area contributed by atoms with Crippen molar-refractivity contribution in [2.45, 2.75) is 122 Å². The number of carbonyl (C=O) groups excluding carboxylic acids is 1. The zero-order chi connectivity index (χ0) is 33.7. The van der Waals surface area contributed by atoms with E-state index in [2.05, 4.69) is 67.8 Å². The summed E-state index contributed by atoms with van der Waals surface area (Å²) in [5.41, 5.74) is 0. The van der Waals surface area contributed by atoms with Gasteiger partial charge in [-0.15, -0.1) is 0 Å². The van der Waals surface area contributed by atoms with E-state index in [4.69, 9.17) is 9.05 Å². The fourth-order valence-corrected chi connectivity index (χ4v) is 4.93. The number of phosphoric acid groups is 1. The van der Waals surface area contributed by atoms with Crippen LogP contribution in [0.25, 0.3) is 0 Å². The van der Waals surface area contributed by atoms with Crippen LogP contribution in [0, 0.1) is 0 Å². The second kappa shape index (κ2) is 28.4. The average Bonchev–Trinajstić information content (AvgIpc) is 2.97. The molecule has 3 atom stereocenters. The molecular weight excluding hydrogens is 587 g/mol. The number of hydrogen-bond acceptors (Lipinski definition) is 5. The molecule has 0 aliphatic carbocycles. The van der Waals surface area contributed by atoms with Gasteiger partial charge in [0.2, 0.25) is 5.91 Å². The molecular formula is C36H66N2O6P+. The van der Waals surface area contributed by atoms with E-state index >= 15 is 0 Å². The fourth-order valence-electron chi connectivity index (χ4n) is 4.19. The van der Waals surface area contributed by atoms with E-state index < -0.39 is 20.0 Å². The highest BCUT2D eigenvalue weighted by Gasteiger charge is 2.27. The third-order valence-electron chi connectivity index (χ3n) is 6.99. The maximum absolute atomic E-state index is 12.6. The number of carbonyl (C=O) groups is 1. The Kier molecular flexibility index (Phi) is 27.3. The third-order valence-corrected chi connectivity index (χ3v) is 7.98. The smallest absolute Gasteiger partial charge is 0.387 e. The highest BCUT2D eigenvalue weighted by molar-refractivity contribution is 7.47. The van der Waals surface area contributed by atoms with Crippen LogP contribution in [-0.4, -0.2) is 73.4 Å². The number of unbranched alkanes of at least 4 members (excludes halogenated alkanes) is 8. The lowest BCUT2D eigenvalue weighted by Gasteiger charge is -2.25. The minimum atomic E-state index is -4.32. The lowest BCUT2D eigenvalue weighted by Crippen LogP contribution is -2.45. The number of allylic oxidation sites excluding steroid dienone is 9. The van der Waals surface area contributed by atoms with Crippen LogP contribution in [0.5, 0.6) is 0 Å². The fraction of sp³-hybridized carbons (Fsp3) is 0.694. The normalized spacial score (nSPS) is 15.6. The monoisotopic (exact) mass is 653 g/mol.